The van der Waals surface area contributed by atoms with Gasteiger partial charge in [0, 0.05) is 22.9 Å². The molecule has 0 saturated heterocycles. The predicted octanol–water partition coefficient (Wildman–Crippen LogP) is 4.62. The molecule has 3 heterocycles. The van der Waals surface area contributed by atoms with Crippen molar-refractivity contribution >= 4 is 11.9 Å². The summed E-state index contributed by atoms with van der Waals surface area (Å²) >= 11 is 1.21. The van der Waals surface area contributed by atoms with Gasteiger partial charge in [-0.1, -0.05) is 0 Å². The van der Waals surface area contributed by atoms with Gasteiger partial charge in [-0.25, -0.2) is 4.31 Å². The first-order chi connectivity index (χ1) is 11.4. The number of rotatable bonds is 3. The van der Waals surface area contributed by atoms with Crippen LogP contribution in [-0.4, -0.2) is 26.5 Å². The van der Waals surface area contributed by atoms with E-state index in [4.69, 9.17) is 0 Å². The molecule has 126 valence electrons. The molecule has 4 rings (SSSR count). The number of fused-ring (bicyclic) bond motifs is 1. The van der Waals surface area contributed by atoms with E-state index in [1.54, 1.807) is 12.4 Å². The molecule has 0 radical (unpaired) electrons. The molecule has 1 aliphatic carbocycles. The first kappa shape index (κ1) is 15.9. The van der Waals surface area contributed by atoms with Crippen molar-refractivity contribution in [3.63, 3.8) is 0 Å². The van der Waals surface area contributed by atoms with Crippen molar-refractivity contribution in [1.29, 1.82) is 0 Å². The maximum absolute atomic E-state index is 13.4. The zero-order valence-electron chi connectivity index (χ0n) is 13.0. The standard InChI is InChI=1S/C17H16F3N3S/c1-10-7-13(12-3-2-6-21-8-12)22-14-9-23(24-15(10)14)16(11-4-5-11)17(18,19)20/h2-3,6-8,11,16H,4-5,9H2,1H3. The Bertz CT molecular complexity index is 760. The molecule has 7 heteroatoms. The molecule has 0 spiro atoms. The summed E-state index contributed by atoms with van der Waals surface area (Å²) in [5.41, 5.74) is 3.33. The van der Waals surface area contributed by atoms with E-state index in [1.807, 2.05) is 25.1 Å². The minimum atomic E-state index is -4.20. The number of pyridine rings is 2. The topological polar surface area (TPSA) is 29.0 Å². The number of aryl methyl sites for hydroxylation is 1. The second-order valence-corrected chi connectivity index (χ2v) is 7.39. The van der Waals surface area contributed by atoms with Crippen molar-refractivity contribution in [3.8, 4) is 11.3 Å². The third kappa shape index (κ3) is 2.91. The van der Waals surface area contributed by atoms with Gasteiger partial charge in [-0.2, -0.15) is 13.2 Å². The van der Waals surface area contributed by atoms with E-state index < -0.39 is 12.2 Å². The van der Waals surface area contributed by atoms with Crippen molar-refractivity contribution in [2.45, 2.75) is 43.4 Å². The van der Waals surface area contributed by atoms with E-state index in [0.717, 1.165) is 27.4 Å². The average molecular weight is 351 g/mol. The molecular weight excluding hydrogens is 335 g/mol. The molecule has 0 amide bonds. The van der Waals surface area contributed by atoms with Crippen LogP contribution in [0.3, 0.4) is 0 Å². The molecule has 2 aromatic heterocycles. The van der Waals surface area contributed by atoms with E-state index in [-0.39, 0.29) is 12.5 Å². The molecule has 0 N–H and O–H groups in total. The van der Waals surface area contributed by atoms with Crippen molar-refractivity contribution in [1.82, 2.24) is 14.3 Å². The van der Waals surface area contributed by atoms with Gasteiger partial charge in [-0.15, -0.1) is 0 Å². The van der Waals surface area contributed by atoms with Gasteiger partial charge in [0.25, 0.3) is 0 Å². The minimum absolute atomic E-state index is 0.232. The average Bonchev–Trinajstić information content (AvgIpc) is 3.25. The Kier molecular flexibility index (Phi) is 3.80. The first-order valence-electron chi connectivity index (χ1n) is 7.86. The quantitative estimate of drug-likeness (QED) is 0.755. The summed E-state index contributed by atoms with van der Waals surface area (Å²) in [6, 6.07) is 4.28. The second kappa shape index (κ2) is 5.74. The molecule has 1 saturated carbocycles. The summed E-state index contributed by atoms with van der Waals surface area (Å²) in [6.07, 6.45) is 0.522. The van der Waals surface area contributed by atoms with Crippen LogP contribution in [0.4, 0.5) is 13.2 Å². The van der Waals surface area contributed by atoms with E-state index in [1.165, 1.54) is 16.3 Å². The van der Waals surface area contributed by atoms with E-state index in [9.17, 15) is 13.2 Å². The molecule has 0 bridgehead atoms. The Morgan fingerprint density at radius 3 is 2.75 bits per heavy atom. The predicted molar refractivity (Wildman–Crippen MR) is 86.2 cm³/mol. The van der Waals surface area contributed by atoms with Gasteiger partial charge < -0.3 is 0 Å². The van der Waals surface area contributed by atoms with Gasteiger partial charge in [0.2, 0.25) is 0 Å². The summed E-state index contributed by atoms with van der Waals surface area (Å²) in [4.78, 5) is 9.55. The molecule has 2 aromatic rings. The Balaban J connectivity index is 1.66. The second-order valence-electron chi connectivity index (χ2n) is 6.33. The summed E-state index contributed by atoms with van der Waals surface area (Å²) in [5.74, 6) is -0.273. The lowest BCUT2D eigenvalue weighted by atomic mass is 10.1. The number of halogens is 3. The van der Waals surface area contributed by atoms with E-state index in [2.05, 4.69) is 9.97 Å². The van der Waals surface area contributed by atoms with Gasteiger partial charge in [-0.3, -0.25) is 9.97 Å². The number of aromatic nitrogens is 2. The fourth-order valence-electron chi connectivity index (χ4n) is 3.15. The molecular formula is C17H16F3N3S. The van der Waals surface area contributed by atoms with Crippen LogP contribution in [0.15, 0.2) is 35.5 Å². The Hall–Kier alpha value is -1.60. The van der Waals surface area contributed by atoms with Crippen molar-refractivity contribution < 1.29 is 13.2 Å². The highest BCUT2D eigenvalue weighted by Crippen LogP contribution is 2.50. The van der Waals surface area contributed by atoms with Crippen molar-refractivity contribution in [2.75, 3.05) is 0 Å². The summed E-state index contributed by atoms with van der Waals surface area (Å²) in [5, 5.41) is 0. The fourth-order valence-corrected chi connectivity index (χ4v) is 4.40. The number of alkyl halides is 3. The van der Waals surface area contributed by atoms with Gasteiger partial charge in [0.15, 0.2) is 0 Å². The monoisotopic (exact) mass is 351 g/mol. The smallest absolute Gasteiger partial charge is 0.264 e. The maximum atomic E-state index is 13.4. The van der Waals surface area contributed by atoms with E-state index in [0.29, 0.717) is 12.8 Å². The summed E-state index contributed by atoms with van der Waals surface area (Å²) < 4.78 is 41.8. The number of hydrogen-bond donors (Lipinski definition) is 0. The SMILES string of the molecule is Cc1cc(-c2cccnc2)nc2c1SN(C(C1CC1)C(F)(F)F)C2. The van der Waals surface area contributed by atoms with Crippen molar-refractivity contribution in [2.24, 2.45) is 5.92 Å². The third-order valence-corrected chi connectivity index (χ3v) is 5.75. The molecule has 2 aliphatic rings. The maximum Gasteiger partial charge on any atom is 0.405 e. The van der Waals surface area contributed by atoms with Crippen LogP contribution in [0, 0.1) is 12.8 Å². The van der Waals surface area contributed by atoms with Gasteiger partial charge in [0.05, 0.1) is 17.9 Å². The van der Waals surface area contributed by atoms with Crippen LogP contribution in [0.5, 0.6) is 0 Å². The number of nitrogens with zero attached hydrogens (tertiary/aromatic N) is 3. The van der Waals surface area contributed by atoms with Crippen LogP contribution in [0.2, 0.25) is 0 Å². The van der Waals surface area contributed by atoms with Crippen LogP contribution < -0.4 is 0 Å². The van der Waals surface area contributed by atoms with Gasteiger partial charge in [-0.05, 0) is 61.4 Å². The molecule has 24 heavy (non-hydrogen) atoms. The molecule has 3 nitrogen and oxygen atoms in total. The lowest BCUT2D eigenvalue weighted by molar-refractivity contribution is -0.176. The number of hydrogen-bond acceptors (Lipinski definition) is 4. The zero-order chi connectivity index (χ0) is 16.9. The lowest BCUT2D eigenvalue weighted by Gasteiger charge is -2.28. The van der Waals surface area contributed by atoms with Crippen LogP contribution >= 0.6 is 11.9 Å². The summed E-state index contributed by atoms with van der Waals surface area (Å²) in [6.45, 7) is 2.16. The van der Waals surface area contributed by atoms with Crippen LogP contribution in [-0.2, 0) is 6.54 Å². The molecule has 1 fully saturated rings. The highest BCUT2D eigenvalue weighted by Gasteiger charge is 2.53. The Labute approximate surface area is 142 Å². The Morgan fingerprint density at radius 2 is 2.12 bits per heavy atom. The van der Waals surface area contributed by atoms with Gasteiger partial charge in [0.1, 0.15) is 6.04 Å². The lowest BCUT2D eigenvalue weighted by Crippen LogP contribution is -2.42. The highest BCUT2D eigenvalue weighted by molar-refractivity contribution is 7.97. The fraction of sp³-hybridized carbons (Fsp3) is 0.412. The zero-order valence-corrected chi connectivity index (χ0v) is 13.9. The van der Waals surface area contributed by atoms with Crippen LogP contribution in [0.25, 0.3) is 11.3 Å². The normalized spacial score (nSPS) is 19.3. The van der Waals surface area contributed by atoms with Crippen LogP contribution in [0.1, 0.15) is 24.1 Å². The first-order valence-corrected chi connectivity index (χ1v) is 8.63. The molecule has 0 aromatic carbocycles. The van der Waals surface area contributed by atoms with Crippen molar-refractivity contribution in [3.05, 3.63) is 41.9 Å². The molecule has 1 aliphatic heterocycles. The highest BCUT2D eigenvalue weighted by atomic mass is 32.2. The van der Waals surface area contributed by atoms with E-state index >= 15 is 0 Å². The molecule has 1 unspecified atom stereocenters. The Morgan fingerprint density at radius 1 is 1.33 bits per heavy atom. The minimum Gasteiger partial charge on any atom is -0.264 e. The summed E-state index contributed by atoms with van der Waals surface area (Å²) in [7, 11) is 0. The third-order valence-electron chi connectivity index (χ3n) is 4.41. The molecule has 1 atom stereocenters. The largest absolute Gasteiger partial charge is 0.405 e. The van der Waals surface area contributed by atoms with Gasteiger partial charge >= 0.3 is 6.18 Å².